The molecule has 1 unspecified atom stereocenters. The number of hydrogen-bond donors (Lipinski definition) is 0. The Kier molecular flexibility index (Phi) is 5.47. The molecule has 94 valence electrons. The SMILES string of the molecule is CCCC(C)(C=O)CN(C)CC1CCCC1. The standard InChI is InChI=1S/C14H27NO/c1-4-9-14(2,12-16)11-15(3)10-13-7-5-6-8-13/h12-13H,4-11H2,1-3H3. The Morgan fingerprint density at radius 1 is 1.38 bits per heavy atom. The molecule has 1 atom stereocenters. The molecule has 0 aromatic heterocycles. The molecule has 0 radical (unpaired) electrons. The van der Waals surface area contributed by atoms with E-state index >= 15 is 0 Å². The highest BCUT2D eigenvalue weighted by Crippen LogP contribution is 2.27. The minimum atomic E-state index is -0.137. The lowest BCUT2D eigenvalue weighted by Gasteiger charge is -2.30. The fraction of sp³-hybridized carbons (Fsp3) is 0.929. The molecule has 1 saturated carbocycles. The van der Waals surface area contributed by atoms with Crippen LogP contribution in [0.5, 0.6) is 0 Å². The Hall–Kier alpha value is -0.370. The molecule has 1 aliphatic rings. The number of rotatable bonds is 7. The van der Waals surface area contributed by atoms with Gasteiger partial charge in [0.15, 0.2) is 0 Å². The first-order valence-corrected chi connectivity index (χ1v) is 6.74. The second-order valence-electron chi connectivity index (χ2n) is 5.87. The van der Waals surface area contributed by atoms with E-state index in [1.165, 1.54) is 32.2 Å². The quantitative estimate of drug-likeness (QED) is 0.620. The minimum absolute atomic E-state index is 0.137. The lowest BCUT2D eigenvalue weighted by atomic mass is 9.86. The van der Waals surface area contributed by atoms with E-state index in [4.69, 9.17) is 0 Å². The molecule has 0 aliphatic heterocycles. The molecule has 0 aromatic rings. The van der Waals surface area contributed by atoms with Gasteiger partial charge in [-0.15, -0.1) is 0 Å². The van der Waals surface area contributed by atoms with Gasteiger partial charge in [-0.3, -0.25) is 0 Å². The van der Waals surface area contributed by atoms with Gasteiger partial charge in [0.25, 0.3) is 0 Å². The highest BCUT2D eigenvalue weighted by molar-refractivity contribution is 5.58. The molecule has 1 fully saturated rings. The fourth-order valence-electron chi connectivity index (χ4n) is 3.06. The van der Waals surface area contributed by atoms with Gasteiger partial charge < -0.3 is 9.69 Å². The summed E-state index contributed by atoms with van der Waals surface area (Å²) in [7, 11) is 2.16. The Labute approximate surface area is 100 Å². The molecule has 1 aliphatic carbocycles. The van der Waals surface area contributed by atoms with Crippen LogP contribution in [0.25, 0.3) is 0 Å². The van der Waals surface area contributed by atoms with E-state index < -0.39 is 0 Å². The number of nitrogens with zero attached hydrogens (tertiary/aromatic N) is 1. The second kappa shape index (κ2) is 6.39. The van der Waals surface area contributed by atoms with Gasteiger partial charge in [-0.1, -0.05) is 33.1 Å². The maximum absolute atomic E-state index is 11.2. The van der Waals surface area contributed by atoms with Gasteiger partial charge in [0, 0.05) is 18.5 Å². The third kappa shape index (κ3) is 4.25. The maximum atomic E-state index is 11.2. The van der Waals surface area contributed by atoms with Crippen molar-refractivity contribution in [2.24, 2.45) is 11.3 Å². The largest absolute Gasteiger partial charge is 0.305 e. The van der Waals surface area contributed by atoms with Crippen molar-refractivity contribution >= 4 is 6.29 Å². The summed E-state index contributed by atoms with van der Waals surface area (Å²) in [6, 6.07) is 0. The topological polar surface area (TPSA) is 20.3 Å². The van der Waals surface area contributed by atoms with Gasteiger partial charge >= 0.3 is 0 Å². The molecule has 0 heterocycles. The van der Waals surface area contributed by atoms with Crippen molar-refractivity contribution in [3.63, 3.8) is 0 Å². The molecular formula is C14H27NO. The summed E-state index contributed by atoms with van der Waals surface area (Å²) in [4.78, 5) is 13.5. The Balaban J connectivity index is 2.35. The molecule has 2 nitrogen and oxygen atoms in total. The van der Waals surface area contributed by atoms with Crippen LogP contribution in [0.2, 0.25) is 0 Å². The van der Waals surface area contributed by atoms with Crippen LogP contribution in [0.1, 0.15) is 52.4 Å². The number of carbonyl (C=O) groups is 1. The summed E-state index contributed by atoms with van der Waals surface area (Å²) in [5, 5.41) is 0. The van der Waals surface area contributed by atoms with Gasteiger partial charge in [0.2, 0.25) is 0 Å². The fourth-order valence-corrected chi connectivity index (χ4v) is 3.06. The van der Waals surface area contributed by atoms with Crippen LogP contribution in [0.3, 0.4) is 0 Å². The van der Waals surface area contributed by atoms with Gasteiger partial charge in [0.1, 0.15) is 6.29 Å². The number of carbonyl (C=O) groups excluding carboxylic acids is 1. The molecule has 0 spiro atoms. The van der Waals surface area contributed by atoms with Crippen molar-refractivity contribution in [3.8, 4) is 0 Å². The average Bonchev–Trinajstić information content (AvgIpc) is 2.70. The van der Waals surface area contributed by atoms with E-state index in [1.807, 2.05) is 0 Å². The van der Waals surface area contributed by atoms with Crippen LogP contribution in [0, 0.1) is 11.3 Å². The van der Waals surface area contributed by atoms with E-state index in [0.29, 0.717) is 0 Å². The van der Waals surface area contributed by atoms with Crippen LogP contribution >= 0.6 is 0 Å². The molecule has 0 bridgehead atoms. The van der Waals surface area contributed by atoms with Gasteiger partial charge in [-0.2, -0.15) is 0 Å². The minimum Gasteiger partial charge on any atom is -0.305 e. The van der Waals surface area contributed by atoms with Crippen LogP contribution in [0.4, 0.5) is 0 Å². The summed E-state index contributed by atoms with van der Waals surface area (Å²) in [6.07, 6.45) is 8.82. The maximum Gasteiger partial charge on any atom is 0.127 e. The first-order valence-electron chi connectivity index (χ1n) is 6.74. The van der Waals surface area contributed by atoms with Gasteiger partial charge in [0.05, 0.1) is 0 Å². The highest BCUT2D eigenvalue weighted by atomic mass is 16.1. The Bertz CT molecular complexity index is 211. The summed E-state index contributed by atoms with van der Waals surface area (Å²) >= 11 is 0. The predicted molar refractivity (Wildman–Crippen MR) is 68.5 cm³/mol. The summed E-state index contributed by atoms with van der Waals surface area (Å²) in [6.45, 7) is 6.33. The van der Waals surface area contributed by atoms with Gasteiger partial charge in [-0.05, 0) is 32.2 Å². The van der Waals surface area contributed by atoms with E-state index in [9.17, 15) is 4.79 Å². The first-order chi connectivity index (χ1) is 7.59. The second-order valence-corrected chi connectivity index (χ2v) is 5.87. The van der Waals surface area contributed by atoms with Crippen molar-refractivity contribution in [1.82, 2.24) is 4.90 Å². The zero-order chi connectivity index (χ0) is 12.0. The summed E-state index contributed by atoms with van der Waals surface area (Å²) in [5.41, 5.74) is -0.137. The average molecular weight is 225 g/mol. The monoisotopic (exact) mass is 225 g/mol. The smallest absolute Gasteiger partial charge is 0.127 e. The van der Waals surface area contributed by atoms with Crippen molar-refractivity contribution in [2.45, 2.75) is 52.4 Å². The van der Waals surface area contributed by atoms with Crippen LogP contribution in [0.15, 0.2) is 0 Å². The molecule has 0 saturated heterocycles. The van der Waals surface area contributed by atoms with Crippen LogP contribution in [-0.2, 0) is 4.79 Å². The van der Waals surface area contributed by atoms with Crippen molar-refractivity contribution in [2.75, 3.05) is 20.1 Å². The Morgan fingerprint density at radius 3 is 2.50 bits per heavy atom. The molecule has 0 N–H and O–H groups in total. The highest BCUT2D eigenvalue weighted by Gasteiger charge is 2.26. The van der Waals surface area contributed by atoms with E-state index in [0.717, 1.165) is 31.6 Å². The molecule has 16 heavy (non-hydrogen) atoms. The molecule has 0 amide bonds. The number of aldehydes is 1. The van der Waals surface area contributed by atoms with E-state index in [1.54, 1.807) is 0 Å². The van der Waals surface area contributed by atoms with E-state index in [-0.39, 0.29) is 5.41 Å². The zero-order valence-electron chi connectivity index (χ0n) is 11.2. The third-order valence-electron chi connectivity index (χ3n) is 3.78. The Morgan fingerprint density at radius 2 is 2.00 bits per heavy atom. The van der Waals surface area contributed by atoms with E-state index in [2.05, 4.69) is 25.8 Å². The molecule has 2 heteroatoms. The van der Waals surface area contributed by atoms with Crippen molar-refractivity contribution in [1.29, 1.82) is 0 Å². The zero-order valence-corrected chi connectivity index (χ0v) is 11.2. The summed E-state index contributed by atoms with van der Waals surface area (Å²) < 4.78 is 0. The predicted octanol–water partition coefficient (Wildman–Crippen LogP) is 3.11. The molecule has 0 aromatic carbocycles. The van der Waals surface area contributed by atoms with Crippen molar-refractivity contribution < 1.29 is 4.79 Å². The third-order valence-corrected chi connectivity index (χ3v) is 3.78. The van der Waals surface area contributed by atoms with Crippen molar-refractivity contribution in [3.05, 3.63) is 0 Å². The molecule has 1 rings (SSSR count). The lowest BCUT2D eigenvalue weighted by Crippen LogP contribution is -2.36. The summed E-state index contributed by atoms with van der Waals surface area (Å²) in [5.74, 6) is 0.877. The number of hydrogen-bond acceptors (Lipinski definition) is 2. The first kappa shape index (κ1) is 13.7. The normalized spacial score (nSPS) is 21.2. The lowest BCUT2D eigenvalue weighted by molar-refractivity contribution is -0.116. The van der Waals surface area contributed by atoms with Crippen LogP contribution < -0.4 is 0 Å². The van der Waals surface area contributed by atoms with Crippen LogP contribution in [-0.4, -0.2) is 31.3 Å². The molecular weight excluding hydrogens is 198 g/mol. The van der Waals surface area contributed by atoms with Gasteiger partial charge in [-0.25, -0.2) is 0 Å².